The van der Waals surface area contributed by atoms with Crippen LogP contribution in [0.1, 0.15) is 30.4 Å². The van der Waals surface area contributed by atoms with Gasteiger partial charge in [-0.15, -0.1) is 0 Å². The Morgan fingerprint density at radius 2 is 1.51 bits per heavy atom. The van der Waals surface area contributed by atoms with Crippen LogP contribution in [0.2, 0.25) is 0 Å². The lowest BCUT2D eigenvalue weighted by Crippen LogP contribution is -2.63. The highest BCUT2D eigenvalue weighted by atomic mass is 16.5. The fraction of sp³-hybridized carbons (Fsp3) is 0.310. The summed E-state index contributed by atoms with van der Waals surface area (Å²) in [4.78, 5) is 28.5. The van der Waals surface area contributed by atoms with Gasteiger partial charge in [0.1, 0.15) is 17.8 Å². The fourth-order valence-electron chi connectivity index (χ4n) is 4.55. The lowest BCUT2D eigenvalue weighted by molar-refractivity contribution is -0.150. The third kappa shape index (κ3) is 6.08. The number of rotatable bonds is 10. The third-order valence-corrected chi connectivity index (χ3v) is 6.52. The van der Waals surface area contributed by atoms with Crippen molar-refractivity contribution >= 4 is 11.8 Å². The first-order valence-electron chi connectivity index (χ1n) is 12.2. The minimum atomic E-state index is -0.592. The monoisotopic (exact) mass is 471 g/mol. The Morgan fingerprint density at radius 3 is 2.17 bits per heavy atom. The molecule has 1 fully saturated rings. The molecule has 1 saturated heterocycles. The summed E-state index contributed by atoms with van der Waals surface area (Å²) in [5, 5.41) is 2.97. The standard InChI is InChI=1S/C29H33N3O3/c1-35-25-16-12-21(13-17-25)19-26-29(34)32(27(28(33)31-26)9-5-6-18-30)20-22-10-14-24(15-11-22)23-7-3-2-4-8-23/h2-4,7-8,10-17,26-27H,5-6,9,18-20,30H2,1H3,(H,31,33). The molecular weight excluding hydrogens is 438 g/mol. The van der Waals surface area contributed by atoms with Gasteiger partial charge in [0.2, 0.25) is 11.8 Å². The van der Waals surface area contributed by atoms with E-state index in [1.54, 1.807) is 12.0 Å². The molecule has 0 radical (unpaired) electrons. The van der Waals surface area contributed by atoms with E-state index in [0.29, 0.717) is 25.9 Å². The van der Waals surface area contributed by atoms with Gasteiger partial charge in [-0.3, -0.25) is 9.59 Å². The van der Waals surface area contributed by atoms with Crippen LogP contribution in [0.3, 0.4) is 0 Å². The number of ether oxygens (including phenoxy) is 1. The van der Waals surface area contributed by atoms with Gasteiger partial charge in [-0.2, -0.15) is 0 Å². The molecule has 1 aliphatic rings. The second kappa shape index (κ2) is 11.7. The molecule has 2 amide bonds. The number of nitrogens with zero attached hydrogens (tertiary/aromatic N) is 1. The Bertz CT molecular complexity index is 1110. The summed E-state index contributed by atoms with van der Waals surface area (Å²) in [7, 11) is 1.62. The summed E-state index contributed by atoms with van der Waals surface area (Å²) in [5.41, 5.74) is 9.90. The Labute approximate surface area is 207 Å². The number of benzene rings is 3. The van der Waals surface area contributed by atoms with Gasteiger partial charge in [-0.25, -0.2) is 0 Å². The van der Waals surface area contributed by atoms with Crippen LogP contribution in [-0.4, -0.2) is 42.5 Å². The predicted molar refractivity (Wildman–Crippen MR) is 138 cm³/mol. The molecule has 0 saturated carbocycles. The molecule has 3 aromatic rings. The summed E-state index contributed by atoms with van der Waals surface area (Å²) in [6.07, 6.45) is 2.67. The maximum absolute atomic E-state index is 13.6. The molecule has 35 heavy (non-hydrogen) atoms. The third-order valence-electron chi connectivity index (χ3n) is 6.52. The van der Waals surface area contributed by atoms with E-state index >= 15 is 0 Å². The molecule has 6 nitrogen and oxygen atoms in total. The number of hydrogen-bond donors (Lipinski definition) is 2. The molecule has 4 rings (SSSR count). The molecule has 3 aromatic carbocycles. The van der Waals surface area contributed by atoms with Gasteiger partial charge >= 0.3 is 0 Å². The van der Waals surface area contributed by atoms with E-state index in [1.807, 2.05) is 54.6 Å². The topological polar surface area (TPSA) is 84.7 Å². The number of nitrogens with two attached hydrogens (primary N) is 1. The number of unbranched alkanes of at least 4 members (excludes halogenated alkanes) is 1. The van der Waals surface area contributed by atoms with Crippen LogP contribution in [0, 0.1) is 0 Å². The first-order valence-corrected chi connectivity index (χ1v) is 12.2. The van der Waals surface area contributed by atoms with Gasteiger partial charge < -0.3 is 20.7 Å². The largest absolute Gasteiger partial charge is 0.497 e. The number of carbonyl (C=O) groups is 2. The zero-order valence-corrected chi connectivity index (χ0v) is 20.2. The smallest absolute Gasteiger partial charge is 0.246 e. The van der Waals surface area contributed by atoms with Crippen LogP contribution < -0.4 is 15.8 Å². The van der Waals surface area contributed by atoms with Crippen molar-refractivity contribution in [1.82, 2.24) is 10.2 Å². The summed E-state index contributed by atoms with van der Waals surface area (Å²) >= 11 is 0. The van der Waals surface area contributed by atoms with E-state index in [0.717, 1.165) is 40.8 Å². The maximum Gasteiger partial charge on any atom is 0.246 e. The summed E-state index contributed by atoms with van der Waals surface area (Å²) < 4.78 is 5.22. The lowest BCUT2D eigenvalue weighted by atomic mass is 9.96. The van der Waals surface area contributed by atoms with Gasteiger partial charge in [0.15, 0.2) is 0 Å². The van der Waals surface area contributed by atoms with Crippen molar-refractivity contribution < 1.29 is 14.3 Å². The number of nitrogens with one attached hydrogen (secondary N) is 1. The normalized spacial score (nSPS) is 17.8. The van der Waals surface area contributed by atoms with Crippen molar-refractivity contribution in [3.05, 3.63) is 90.0 Å². The molecule has 2 atom stereocenters. The highest BCUT2D eigenvalue weighted by Gasteiger charge is 2.40. The average Bonchev–Trinajstić information content (AvgIpc) is 2.90. The van der Waals surface area contributed by atoms with Crippen LogP contribution in [-0.2, 0) is 22.6 Å². The van der Waals surface area contributed by atoms with Crippen molar-refractivity contribution in [3.63, 3.8) is 0 Å². The van der Waals surface area contributed by atoms with E-state index in [1.165, 1.54) is 0 Å². The zero-order valence-electron chi connectivity index (χ0n) is 20.2. The molecule has 6 heteroatoms. The second-order valence-corrected chi connectivity index (χ2v) is 8.94. The predicted octanol–water partition coefficient (Wildman–Crippen LogP) is 3.93. The first-order chi connectivity index (χ1) is 17.1. The van der Waals surface area contributed by atoms with E-state index in [9.17, 15) is 9.59 Å². The van der Waals surface area contributed by atoms with Crippen LogP contribution in [0.5, 0.6) is 5.75 Å². The van der Waals surface area contributed by atoms with Crippen molar-refractivity contribution in [2.24, 2.45) is 5.73 Å². The molecule has 0 aliphatic carbocycles. The molecule has 0 bridgehead atoms. The van der Waals surface area contributed by atoms with Gasteiger partial charge in [0, 0.05) is 13.0 Å². The maximum atomic E-state index is 13.6. The van der Waals surface area contributed by atoms with Crippen molar-refractivity contribution in [2.45, 2.75) is 44.3 Å². The van der Waals surface area contributed by atoms with Crippen LogP contribution in [0.25, 0.3) is 11.1 Å². The average molecular weight is 472 g/mol. The van der Waals surface area contributed by atoms with E-state index in [4.69, 9.17) is 10.5 Å². The Balaban J connectivity index is 1.53. The van der Waals surface area contributed by atoms with E-state index < -0.39 is 12.1 Å². The van der Waals surface area contributed by atoms with E-state index in [2.05, 4.69) is 29.6 Å². The Hall–Kier alpha value is -3.64. The number of methoxy groups -OCH3 is 1. The van der Waals surface area contributed by atoms with Crippen molar-refractivity contribution in [3.8, 4) is 16.9 Å². The molecule has 1 heterocycles. The summed E-state index contributed by atoms with van der Waals surface area (Å²) in [5.74, 6) is 0.611. The molecule has 3 N–H and O–H groups in total. The van der Waals surface area contributed by atoms with Crippen LogP contribution in [0.15, 0.2) is 78.9 Å². The SMILES string of the molecule is COc1ccc(CC2NC(=O)C(CCCCN)N(Cc3ccc(-c4ccccc4)cc3)C2=O)cc1. The highest BCUT2D eigenvalue weighted by Crippen LogP contribution is 2.24. The van der Waals surface area contributed by atoms with Crippen LogP contribution >= 0.6 is 0 Å². The molecule has 182 valence electrons. The Kier molecular flexibility index (Phi) is 8.16. The van der Waals surface area contributed by atoms with Gasteiger partial charge in [0.05, 0.1) is 7.11 Å². The second-order valence-electron chi connectivity index (χ2n) is 8.94. The van der Waals surface area contributed by atoms with Crippen LogP contribution in [0.4, 0.5) is 0 Å². The summed E-state index contributed by atoms with van der Waals surface area (Å²) in [6.45, 7) is 0.969. The fourth-order valence-corrected chi connectivity index (χ4v) is 4.55. The first kappa shape index (κ1) is 24.5. The van der Waals surface area contributed by atoms with Gasteiger partial charge in [-0.05, 0) is 60.2 Å². The quantitative estimate of drug-likeness (QED) is 0.439. The minimum absolute atomic E-state index is 0.0506. The number of carbonyl (C=O) groups excluding carboxylic acids is 2. The molecule has 0 spiro atoms. The zero-order chi connectivity index (χ0) is 24.6. The minimum Gasteiger partial charge on any atom is -0.497 e. The van der Waals surface area contributed by atoms with Gasteiger partial charge in [-0.1, -0.05) is 66.7 Å². The van der Waals surface area contributed by atoms with Crippen molar-refractivity contribution in [2.75, 3.05) is 13.7 Å². The molecular formula is C29H33N3O3. The van der Waals surface area contributed by atoms with E-state index in [-0.39, 0.29) is 11.8 Å². The number of hydrogen-bond acceptors (Lipinski definition) is 4. The van der Waals surface area contributed by atoms with Gasteiger partial charge in [0.25, 0.3) is 0 Å². The number of amides is 2. The molecule has 1 aliphatic heterocycles. The number of piperazine rings is 1. The molecule has 2 unspecified atom stereocenters. The summed E-state index contributed by atoms with van der Waals surface area (Å²) in [6, 6.07) is 24.9. The highest BCUT2D eigenvalue weighted by molar-refractivity contribution is 5.97. The Morgan fingerprint density at radius 1 is 0.857 bits per heavy atom. The van der Waals surface area contributed by atoms with Crippen molar-refractivity contribution in [1.29, 1.82) is 0 Å². The molecule has 0 aromatic heterocycles. The lowest BCUT2D eigenvalue weighted by Gasteiger charge is -2.39.